The summed E-state index contributed by atoms with van der Waals surface area (Å²) in [7, 11) is 0. The number of unbranched alkanes of at least 4 members (excludes halogenated alkanes) is 13. The molecule has 0 aliphatic rings. The van der Waals surface area contributed by atoms with E-state index in [1.807, 2.05) is 0 Å². The molecular weight excluding hydrogens is 379 g/mol. The van der Waals surface area contributed by atoms with Crippen molar-refractivity contribution in [3.8, 4) is 0 Å². The van der Waals surface area contributed by atoms with Gasteiger partial charge in [0, 0.05) is 0 Å². The van der Waals surface area contributed by atoms with E-state index in [0.717, 1.165) is 16.8 Å². The summed E-state index contributed by atoms with van der Waals surface area (Å²) >= 11 is -1.53. The van der Waals surface area contributed by atoms with E-state index in [1.165, 1.54) is 95.5 Å². The maximum atomic E-state index is 10.2. The Morgan fingerprint density at radius 3 is 1.58 bits per heavy atom. The second kappa shape index (κ2) is 18.1. The van der Waals surface area contributed by atoms with Crippen LogP contribution in [0.1, 0.15) is 102 Å². The Labute approximate surface area is 168 Å². The molecule has 1 nitrogen and oxygen atoms in total. The molecule has 1 atom stereocenters. The molecule has 0 aliphatic heterocycles. The second-order valence-corrected chi connectivity index (χ2v) is 11.8. The third-order valence-corrected chi connectivity index (χ3v) is 8.57. The molecule has 1 N–H and O–H groups in total. The van der Waals surface area contributed by atoms with Crippen LogP contribution in [-0.2, 0) is 6.42 Å². The van der Waals surface area contributed by atoms with Crippen molar-refractivity contribution in [1.29, 1.82) is 0 Å². The van der Waals surface area contributed by atoms with Gasteiger partial charge in [0.25, 0.3) is 0 Å². The summed E-state index contributed by atoms with van der Waals surface area (Å²) in [5.41, 5.74) is 1.38. The first-order valence-electron chi connectivity index (χ1n) is 11.3. The average molecular weight is 423 g/mol. The molecule has 1 unspecified atom stereocenters. The summed E-state index contributed by atoms with van der Waals surface area (Å²) in [5.74, 6) is 0. The second-order valence-electron chi connectivity index (χ2n) is 7.79. The molecule has 0 aromatic heterocycles. The van der Waals surface area contributed by atoms with Crippen molar-refractivity contribution in [1.82, 2.24) is 0 Å². The van der Waals surface area contributed by atoms with Gasteiger partial charge in [-0.3, -0.25) is 0 Å². The fourth-order valence-corrected chi connectivity index (χ4v) is 6.29. The molecule has 1 rings (SSSR count). The third kappa shape index (κ3) is 14.9. The van der Waals surface area contributed by atoms with Crippen LogP contribution in [0.15, 0.2) is 30.3 Å². The van der Waals surface area contributed by atoms with Gasteiger partial charge >= 0.3 is 142 Å². The third-order valence-electron chi connectivity index (χ3n) is 5.27. The van der Waals surface area contributed by atoms with Crippen molar-refractivity contribution in [2.75, 3.05) is 0 Å². The van der Waals surface area contributed by atoms with Gasteiger partial charge in [0.05, 0.1) is 0 Å². The summed E-state index contributed by atoms with van der Waals surface area (Å²) in [6, 6.07) is 10.6. The molecule has 2 heteroatoms. The molecule has 0 spiro atoms. The first kappa shape index (κ1) is 23.8. The molecule has 0 aliphatic carbocycles. The zero-order valence-electron chi connectivity index (χ0n) is 17.3. The predicted molar refractivity (Wildman–Crippen MR) is 118 cm³/mol. The summed E-state index contributed by atoms with van der Waals surface area (Å²) in [5, 5.41) is 2.17. The van der Waals surface area contributed by atoms with Gasteiger partial charge in [0.15, 0.2) is 0 Å². The van der Waals surface area contributed by atoms with Crippen LogP contribution in [0.2, 0.25) is 10.4 Å². The van der Waals surface area contributed by atoms with E-state index < -0.39 is 15.0 Å². The van der Waals surface area contributed by atoms with E-state index >= 15 is 0 Å². The van der Waals surface area contributed by atoms with Gasteiger partial charge in [-0.15, -0.1) is 0 Å². The molecule has 0 bridgehead atoms. The number of rotatable bonds is 18. The number of hydrogen-bond donors (Lipinski definition) is 1. The van der Waals surface area contributed by atoms with Crippen molar-refractivity contribution >= 4 is 15.0 Å². The first-order chi connectivity index (χ1) is 12.8. The Hall–Kier alpha value is -0.262. The zero-order chi connectivity index (χ0) is 18.7. The first-order valence-corrected chi connectivity index (χ1v) is 14.8. The molecule has 0 amide bonds. The van der Waals surface area contributed by atoms with Crippen LogP contribution in [0.4, 0.5) is 0 Å². The zero-order valence-corrected chi connectivity index (χ0v) is 19.2. The van der Waals surface area contributed by atoms with Crippen molar-refractivity contribution in [2.24, 2.45) is 0 Å². The molecule has 26 heavy (non-hydrogen) atoms. The van der Waals surface area contributed by atoms with Gasteiger partial charge in [0.2, 0.25) is 0 Å². The standard InChI is InChI=1S/C24H43AsO/c1-2-3-4-5-6-7-8-9-10-11-12-13-14-18-22-25(26)23-21-24-19-16-15-17-20-24/h15-17,19-20,26H,2-14,18,21-23H2,1H3. The van der Waals surface area contributed by atoms with Gasteiger partial charge in [-0.25, -0.2) is 0 Å². The summed E-state index contributed by atoms with van der Waals surface area (Å²) in [4.78, 5) is 0. The van der Waals surface area contributed by atoms with E-state index in [-0.39, 0.29) is 0 Å². The van der Waals surface area contributed by atoms with E-state index in [9.17, 15) is 4.10 Å². The SMILES string of the molecule is CCCCCCCCCCCCCCCC[As](O)CCc1ccccc1. The fourth-order valence-electron chi connectivity index (χ4n) is 3.50. The van der Waals surface area contributed by atoms with Crippen LogP contribution in [0, 0.1) is 0 Å². The molecular formula is C24H43AsO. The Kier molecular flexibility index (Phi) is 16.6. The van der Waals surface area contributed by atoms with E-state index in [1.54, 1.807) is 0 Å². The Bertz CT molecular complexity index is 392. The minimum atomic E-state index is -1.53. The number of hydrogen-bond acceptors (Lipinski definition) is 1. The summed E-state index contributed by atoms with van der Waals surface area (Å²) < 4.78 is 10.2. The van der Waals surface area contributed by atoms with Crippen LogP contribution in [0.25, 0.3) is 0 Å². The van der Waals surface area contributed by atoms with Crippen molar-refractivity contribution in [2.45, 2.75) is 114 Å². The number of aryl methyl sites for hydroxylation is 1. The Morgan fingerprint density at radius 1 is 0.615 bits per heavy atom. The van der Waals surface area contributed by atoms with Gasteiger partial charge in [-0.05, 0) is 0 Å². The summed E-state index contributed by atoms with van der Waals surface area (Å²) in [6.45, 7) is 2.29. The van der Waals surface area contributed by atoms with E-state index in [4.69, 9.17) is 0 Å². The van der Waals surface area contributed by atoms with Crippen molar-refractivity contribution in [3.05, 3.63) is 35.9 Å². The van der Waals surface area contributed by atoms with Gasteiger partial charge in [-0.1, -0.05) is 26.2 Å². The molecule has 0 fully saturated rings. The van der Waals surface area contributed by atoms with Crippen LogP contribution in [0.3, 0.4) is 0 Å². The molecule has 0 heterocycles. The monoisotopic (exact) mass is 422 g/mol. The minimum absolute atomic E-state index is 1.05. The van der Waals surface area contributed by atoms with Crippen LogP contribution < -0.4 is 0 Å². The van der Waals surface area contributed by atoms with Crippen LogP contribution in [-0.4, -0.2) is 19.1 Å². The Balaban J connectivity index is 1.77. The average Bonchev–Trinajstić information content (AvgIpc) is 2.67. The molecule has 0 radical (unpaired) electrons. The molecule has 1 aromatic carbocycles. The van der Waals surface area contributed by atoms with E-state index in [0.29, 0.717) is 0 Å². The molecule has 150 valence electrons. The van der Waals surface area contributed by atoms with Gasteiger partial charge < -0.3 is 0 Å². The van der Waals surface area contributed by atoms with Crippen molar-refractivity contribution < 1.29 is 4.10 Å². The molecule has 1 aromatic rings. The number of benzene rings is 1. The fraction of sp³-hybridized carbons (Fsp3) is 0.750. The van der Waals surface area contributed by atoms with Crippen molar-refractivity contribution in [3.63, 3.8) is 0 Å². The quantitative estimate of drug-likeness (QED) is 0.190. The van der Waals surface area contributed by atoms with Gasteiger partial charge in [-0.2, -0.15) is 0 Å². The normalized spacial score (nSPS) is 12.4. The van der Waals surface area contributed by atoms with Crippen LogP contribution >= 0.6 is 0 Å². The van der Waals surface area contributed by atoms with Gasteiger partial charge in [0.1, 0.15) is 0 Å². The van der Waals surface area contributed by atoms with Crippen LogP contribution in [0.5, 0.6) is 0 Å². The molecule has 0 saturated carbocycles. The summed E-state index contributed by atoms with van der Waals surface area (Å²) in [6.07, 6.45) is 20.8. The predicted octanol–water partition coefficient (Wildman–Crippen LogP) is 7.69. The topological polar surface area (TPSA) is 20.2 Å². The van der Waals surface area contributed by atoms with E-state index in [2.05, 4.69) is 37.3 Å². The molecule has 0 saturated heterocycles. The maximum absolute atomic E-state index is 10.2. The Morgan fingerprint density at radius 2 is 1.08 bits per heavy atom.